The smallest absolute Gasteiger partial charge is 0.327 e. The van der Waals surface area contributed by atoms with Crippen LogP contribution in [0.2, 0.25) is 0 Å². The van der Waals surface area contributed by atoms with Gasteiger partial charge in [0.25, 0.3) is 5.89 Å². The van der Waals surface area contributed by atoms with Crippen LogP contribution >= 0.6 is 0 Å². The molecule has 6 heteroatoms. The summed E-state index contributed by atoms with van der Waals surface area (Å²) in [5, 5.41) is 3.64. The molecule has 1 saturated heterocycles. The summed E-state index contributed by atoms with van der Waals surface area (Å²) in [4.78, 5) is 3.83. The molecule has 0 spiro atoms. The molecule has 1 aliphatic heterocycles. The lowest BCUT2D eigenvalue weighted by Crippen LogP contribution is -2.22. The fourth-order valence-corrected chi connectivity index (χ4v) is 2.48. The molecule has 0 bridgehead atoms. The zero-order valence-corrected chi connectivity index (χ0v) is 11.6. The monoisotopic (exact) mass is 294 g/mol. The summed E-state index contributed by atoms with van der Waals surface area (Å²) < 4.78 is 38.5. The van der Waals surface area contributed by atoms with Crippen molar-refractivity contribution in [2.24, 2.45) is 5.92 Å². The lowest BCUT2D eigenvalue weighted by Gasteiger charge is -2.15. The highest BCUT2D eigenvalue weighted by molar-refractivity contribution is 5.53. The van der Waals surface area contributed by atoms with E-state index in [-0.39, 0.29) is 5.82 Å². The lowest BCUT2D eigenvalue weighted by molar-refractivity contribution is -0.0777. The number of rotatable bonds is 4. The van der Waals surface area contributed by atoms with Crippen molar-refractivity contribution in [1.29, 1.82) is 0 Å². The number of hydrogen-bond donors (Lipinski definition) is 0. The van der Waals surface area contributed by atoms with Crippen molar-refractivity contribution in [2.45, 2.75) is 31.8 Å². The molecule has 0 saturated carbocycles. The Kier molecular flexibility index (Phi) is 3.71. The molecule has 2 heterocycles. The van der Waals surface area contributed by atoms with E-state index in [1.807, 2.05) is 13.0 Å². The van der Waals surface area contributed by atoms with Crippen molar-refractivity contribution >= 4 is 0 Å². The Labute approximate surface area is 121 Å². The zero-order chi connectivity index (χ0) is 14.9. The predicted molar refractivity (Wildman–Crippen MR) is 71.8 cm³/mol. The van der Waals surface area contributed by atoms with Gasteiger partial charge in [-0.15, -0.1) is 0 Å². The van der Waals surface area contributed by atoms with Crippen molar-refractivity contribution in [2.75, 3.05) is 6.61 Å². The second kappa shape index (κ2) is 5.52. The van der Waals surface area contributed by atoms with Gasteiger partial charge in [-0.25, -0.2) is 0 Å². The average Bonchev–Trinajstić information content (AvgIpc) is 3.09. The zero-order valence-electron chi connectivity index (χ0n) is 11.6. The van der Waals surface area contributed by atoms with E-state index in [0.29, 0.717) is 24.5 Å². The SMILES string of the molecule is C[C@H]1CO[C@H](CC(F)(F)c2nc(-c3ccccc3)no2)C1. The summed E-state index contributed by atoms with van der Waals surface area (Å²) in [6.45, 7) is 2.51. The third-order valence-corrected chi connectivity index (χ3v) is 3.54. The Morgan fingerprint density at radius 3 is 2.71 bits per heavy atom. The van der Waals surface area contributed by atoms with Gasteiger partial charge in [-0.1, -0.05) is 42.4 Å². The largest absolute Gasteiger partial charge is 0.378 e. The highest BCUT2D eigenvalue weighted by atomic mass is 19.3. The highest BCUT2D eigenvalue weighted by Gasteiger charge is 2.42. The molecule has 1 aromatic carbocycles. The lowest BCUT2D eigenvalue weighted by atomic mass is 10.0. The first-order valence-electron chi connectivity index (χ1n) is 6.93. The molecule has 112 valence electrons. The van der Waals surface area contributed by atoms with E-state index < -0.39 is 24.3 Å². The molecule has 0 radical (unpaired) electrons. The molecule has 1 aliphatic rings. The van der Waals surface area contributed by atoms with E-state index in [1.165, 1.54) is 0 Å². The quantitative estimate of drug-likeness (QED) is 0.863. The number of benzene rings is 1. The van der Waals surface area contributed by atoms with Gasteiger partial charge < -0.3 is 9.26 Å². The predicted octanol–water partition coefficient (Wildman–Crippen LogP) is 3.64. The Balaban J connectivity index is 1.75. The fourth-order valence-electron chi connectivity index (χ4n) is 2.48. The molecule has 2 atom stereocenters. The Bertz CT molecular complexity index is 601. The maximum Gasteiger partial charge on any atom is 0.327 e. The molecule has 1 aromatic heterocycles. The minimum atomic E-state index is -3.17. The van der Waals surface area contributed by atoms with Gasteiger partial charge in [0.15, 0.2) is 0 Å². The van der Waals surface area contributed by atoms with Crippen LogP contribution in [0.1, 0.15) is 25.7 Å². The summed E-state index contributed by atoms with van der Waals surface area (Å²) in [7, 11) is 0. The number of alkyl halides is 2. The van der Waals surface area contributed by atoms with Gasteiger partial charge >= 0.3 is 5.92 Å². The van der Waals surface area contributed by atoms with Crippen LogP contribution in [0.15, 0.2) is 34.9 Å². The number of ether oxygens (including phenoxy) is 1. The van der Waals surface area contributed by atoms with Gasteiger partial charge in [0.2, 0.25) is 5.82 Å². The van der Waals surface area contributed by atoms with Gasteiger partial charge in [-0.05, 0) is 12.3 Å². The molecule has 1 fully saturated rings. The van der Waals surface area contributed by atoms with E-state index in [9.17, 15) is 8.78 Å². The Morgan fingerprint density at radius 2 is 2.05 bits per heavy atom. The first kappa shape index (κ1) is 14.1. The number of aromatic nitrogens is 2. The molecular formula is C15H16F2N2O2. The van der Waals surface area contributed by atoms with Crippen molar-refractivity contribution < 1.29 is 18.0 Å². The van der Waals surface area contributed by atoms with E-state index in [0.717, 1.165) is 0 Å². The maximum absolute atomic E-state index is 14.2. The second-order valence-electron chi connectivity index (χ2n) is 5.49. The Morgan fingerprint density at radius 1 is 1.29 bits per heavy atom. The first-order valence-corrected chi connectivity index (χ1v) is 6.93. The van der Waals surface area contributed by atoms with Gasteiger partial charge in [0.1, 0.15) is 0 Å². The van der Waals surface area contributed by atoms with Crippen LogP contribution in [0, 0.1) is 5.92 Å². The number of nitrogens with zero attached hydrogens (tertiary/aromatic N) is 2. The molecule has 0 unspecified atom stereocenters. The van der Waals surface area contributed by atoms with E-state index >= 15 is 0 Å². The molecule has 3 rings (SSSR count). The maximum atomic E-state index is 14.2. The summed E-state index contributed by atoms with van der Waals surface area (Å²) in [5.41, 5.74) is 0.647. The average molecular weight is 294 g/mol. The summed E-state index contributed by atoms with van der Waals surface area (Å²) in [6, 6.07) is 8.90. The molecular weight excluding hydrogens is 278 g/mol. The fraction of sp³-hybridized carbons (Fsp3) is 0.467. The minimum absolute atomic E-state index is 0.172. The van der Waals surface area contributed by atoms with Gasteiger partial charge in [-0.2, -0.15) is 13.8 Å². The Hall–Kier alpha value is -1.82. The van der Waals surface area contributed by atoms with Crippen molar-refractivity contribution in [3.05, 3.63) is 36.2 Å². The van der Waals surface area contributed by atoms with Gasteiger partial charge in [0.05, 0.1) is 6.10 Å². The standard InChI is InChI=1S/C15H16F2N2O2/c1-10-7-12(20-9-10)8-15(16,17)14-18-13(19-21-14)11-5-3-2-4-6-11/h2-6,10,12H,7-9H2,1H3/t10-,12+/m1/s1. The summed E-state index contributed by atoms with van der Waals surface area (Å²) >= 11 is 0. The summed E-state index contributed by atoms with van der Waals surface area (Å²) in [5.74, 6) is -3.33. The van der Waals surface area contributed by atoms with E-state index in [4.69, 9.17) is 9.26 Å². The molecule has 0 N–H and O–H groups in total. The first-order chi connectivity index (χ1) is 10.0. The van der Waals surface area contributed by atoms with Gasteiger partial charge in [-0.3, -0.25) is 0 Å². The van der Waals surface area contributed by atoms with Crippen molar-refractivity contribution in [3.8, 4) is 11.4 Å². The molecule has 21 heavy (non-hydrogen) atoms. The van der Waals surface area contributed by atoms with Crippen LogP contribution in [0.3, 0.4) is 0 Å². The third-order valence-electron chi connectivity index (χ3n) is 3.54. The molecule has 0 aliphatic carbocycles. The number of halogens is 2. The van der Waals surface area contributed by atoms with E-state index in [2.05, 4.69) is 10.1 Å². The molecule has 0 amide bonds. The molecule has 2 aromatic rings. The molecule has 4 nitrogen and oxygen atoms in total. The third kappa shape index (κ3) is 3.10. The van der Waals surface area contributed by atoms with Crippen LogP contribution in [0.4, 0.5) is 8.78 Å². The van der Waals surface area contributed by atoms with Crippen LogP contribution in [-0.4, -0.2) is 22.9 Å². The highest BCUT2D eigenvalue weighted by Crippen LogP contribution is 2.36. The van der Waals surface area contributed by atoms with Crippen molar-refractivity contribution in [3.63, 3.8) is 0 Å². The van der Waals surface area contributed by atoms with Crippen LogP contribution in [0.25, 0.3) is 11.4 Å². The van der Waals surface area contributed by atoms with Crippen molar-refractivity contribution in [1.82, 2.24) is 10.1 Å². The number of hydrogen-bond acceptors (Lipinski definition) is 4. The van der Waals surface area contributed by atoms with Crippen LogP contribution < -0.4 is 0 Å². The van der Waals surface area contributed by atoms with Crippen LogP contribution in [0.5, 0.6) is 0 Å². The van der Waals surface area contributed by atoms with Crippen LogP contribution in [-0.2, 0) is 10.7 Å². The van der Waals surface area contributed by atoms with Gasteiger partial charge in [0, 0.05) is 18.6 Å². The topological polar surface area (TPSA) is 48.2 Å². The normalized spacial score (nSPS) is 22.6. The minimum Gasteiger partial charge on any atom is -0.378 e. The van der Waals surface area contributed by atoms with E-state index in [1.54, 1.807) is 24.3 Å². The summed E-state index contributed by atoms with van der Waals surface area (Å²) in [6.07, 6.45) is -0.245. The second-order valence-corrected chi connectivity index (χ2v) is 5.49.